The van der Waals surface area contributed by atoms with Crippen molar-refractivity contribution in [2.75, 3.05) is 6.54 Å². The molecule has 0 aliphatic heterocycles. The normalized spacial score (nSPS) is 13.6. The summed E-state index contributed by atoms with van der Waals surface area (Å²) < 4.78 is 39.6. The van der Waals surface area contributed by atoms with E-state index < -0.39 is 16.1 Å². The number of halogens is 1. The molecule has 114 valence electrons. The summed E-state index contributed by atoms with van der Waals surface area (Å²) in [5, 5.41) is 0.0656. The van der Waals surface area contributed by atoms with Crippen LogP contribution in [0.15, 0.2) is 35.5 Å². The highest BCUT2D eigenvalue weighted by molar-refractivity contribution is 7.89. The third kappa shape index (κ3) is 3.14. The van der Waals surface area contributed by atoms with Crippen LogP contribution < -0.4 is 0 Å². The van der Waals surface area contributed by atoms with Gasteiger partial charge < -0.3 is 4.98 Å². The second-order valence-electron chi connectivity index (χ2n) is 4.77. The second-order valence-corrected chi connectivity index (χ2v) is 6.63. The molecule has 1 aromatic heterocycles. The van der Waals surface area contributed by atoms with Gasteiger partial charge in [0.2, 0.25) is 0 Å². The highest BCUT2D eigenvalue weighted by Gasteiger charge is 2.30. The van der Waals surface area contributed by atoms with Gasteiger partial charge >= 0.3 is 0 Å². The Balaban J connectivity index is 2.36. The third-order valence-electron chi connectivity index (χ3n) is 3.36. The fraction of sp³-hybridized carbons (Fsp3) is 0.357. The number of hydrogen-bond acceptors (Lipinski definition) is 3. The number of aryl methyl sites for hydroxylation is 1. The summed E-state index contributed by atoms with van der Waals surface area (Å²) in [5.74, 6) is 0.195. The molecule has 2 aromatic rings. The van der Waals surface area contributed by atoms with Gasteiger partial charge in [-0.3, -0.25) is 0 Å². The maximum Gasteiger partial charge on any atom is 0.260 e. The van der Waals surface area contributed by atoms with Crippen molar-refractivity contribution >= 4 is 10.0 Å². The molecular weight excluding hydrogens is 293 g/mol. The summed E-state index contributed by atoms with van der Waals surface area (Å²) in [7, 11) is -3.67. The summed E-state index contributed by atoms with van der Waals surface area (Å²) in [6.45, 7) is 5.54. The van der Waals surface area contributed by atoms with E-state index in [0.29, 0.717) is 12.4 Å². The molecule has 0 radical (unpaired) electrons. The first-order valence-electron chi connectivity index (χ1n) is 6.65. The van der Waals surface area contributed by atoms with Crippen LogP contribution in [0, 0.1) is 12.7 Å². The van der Waals surface area contributed by atoms with E-state index in [4.69, 9.17) is 0 Å². The first-order valence-corrected chi connectivity index (χ1v) is 8.09. The summed E-state index contributed by atoms with van der Waals surface area (Å²) in [5.41, 5.74) is 0.734. The summed E-state index contributed by atoms with van der Waals surface area (Å²) in [6.07, 6.45) is 1.31. The van der Waals surface area contributed by atoms with Crippen molar-refractivity contribution in [3.05, 3.63) is 47.7 Å². The molecule has 1 atom stereocenters. The molecule has 0 aliphatic carbocycles. The molecule has 0 fully saturated rings. The Kier molecular flexibility index (Phi) is 4.43. The first-order chi connectivity index (χ1) is 9.86. The van der Waals surface area contributed by atoms with Gasteiger partial charge in [-0.25, -0.2) is 17.8 Å². The number of aromatic amines is 1. The van der Waals surface area contributed by atoms with Crippen molar-refractivity contribution in [2.45, 2.75) is 31.8 Å². The number of imidazole rings is 1. The Morgan fingerprint density at radius 2 is 1.95 bits per heavy atom. The Labute approximate surface area is 123 Å². The van der Waals surface area contributed by atoms with Gasteiger partial charge in [0.15, 0.2) is 5.03 Å². The Hall–Kier alpha value is -1.73. The predicted molar refractivity (Wildman–Crippen MR) is 77.7 cm³/mol. The maximum absolute atomic E-state index is 13.0. The molecule has 21 heavy (non-hydrogen) atoms. The van der Waals surface area contributed by atoms with Gasteiger partial charge in [-0.2, -0.15) is 4.31 Å². The van der Waals surface area contributed by atoms with Crippen LogP contribution in [0.25, 0.3) is 0 Å². The molecule has 2 rings (SSSR count). The molecule has 0 aliphatic rings. The summed E-state index contributed by atoms with van der Waals surface area (Å²) in [4.78, 5) is 6.68. The van der Waals surface area contributed by atoms with Gasteiger partial charge in [-0.1, -0.05) is 19.1 Å². The van der Waals surface area contributed by atoms with Gasteiger partial charge in [0.25, 0.3) is 10.0 Å². The van der Waals surface area contributed by atoms with Gasteiger partial charge in [-0.05, 0) is 31.5 Å². The van der Waals surface area contributed by atoms with E-state index >= 15 is 0 Å². The van der Waals surface area contributed by atoms with Gasteiger partial charge in [0, 0.05) is 12.6 Å². The van der Waals surface area contributed by atoms with E-state index in [1.165, 1.54) is 22.6 Å². The first kappa shape index (κ1) is 15.7. The predicted octanol–water partition coefficient (Wildman–Crippen LogP) is 2.63. The molecule has 5 nitrogen and oxygen atoms in total. The lowest BCUT2D eigenvalue weighted by Crippen LogP contribution is -2.33. The van der Waals surface area contributed by atoms with Crippen molar-refractivity contribution < 1.29 is 12.8 Å². The van der Waals surface area contributed by atoms with Gasteiger partial charge in [0.05, 0.1) is 6.20 Å². The Morgan fingerprint density at radius 1 is 1.33 bits per heavy atom. The molecular formula is C14H18FN3O2S. The van der Waals surface area contributed by atoms with Crippen LogP contribution in [0.4, 0.5) is 4.39 Å². The standard InChI is InChI=1S/C14H18FN3O2S/c1-4-18(10(2)12-5-7-13(15)8-6-12)21(19,20)14-9-16-11(3)17-14/h5-10H,4H2,1-3H3,(H,16,17). The molecule has 1 heterocycles. The maximum atomic E-state index is 13.0. The zero-order chi connectivity index (χ0) is 15.6. The van der Waals surface area contributed by atoms with Crippen LogP contribution in [0.1, 0.15) is 31.3 Å². The topological polar surface area (TPSA) is 66.1 Å². The minimum atomic E-state index is -3.67. The van der Waals surface area contributed by atoms with E-state index in [9.17, 15) is 12.8 Å². The van der Waals surface area contributed by atoms with E-state index in [0.717, 1.165) is 5.56 Å². The van der Waals surface area contributed by atoms with Crippen molar-refractivity contribution in [2.24, 2.45) is 0 Å². The molecule has 0 amide bonds. The van der Waals surface area contributed by atoms with Crippen molar-refractivity contribution in [3.63, 3.8) is 0 Å². The second kappa shape index (κ2) is 5.95. The number of rotatable bonds is 5. The lowest BCUT2D eigenvalue weighted by molar-refractivity contribution is 0.355. The van der Waals surface area contributed by atoms with Crippen molar-refractivity contribution in [3.8, 4) is 0 Å². The Bertz CT molecular complexity index is 710. The molecule has 0 bridgehead atoms. The summed E-state index contributed by atoms with van der Waals surface area (Å²) >= 11 is 0. The third-order valence-corrected chi connectivity index (χ3v) is 5.32. The van der Waals surface area contributed by atoms with E-state index in [2.05, 4.69) is 9.97 Å². The van der Waals surface area contributed by atoms with Crippen LogP contribution >= 0.6 is 0 Å². The van der Waals surface area contributed by atoms with Crippen LogP contribution in [-0.2, 0) is 10.0 Å². The lowest BCUT2D eigenvalue weighted by atomic mass is 10.1. The SMILES string of the molecule is CCN(C(C)c1ccc(F)cc1)S(=O)(=O)c1cnc(C)[nH]1. The minimum Gasteiger partial charge on any atom is -0.332 e. The quantitative estimate of drug-likeness (QED) is 0.923. The fourth-order valence-electron chi connectivity index (χ4n) is 2.22. The molecule has 1 unspecified atom stereocenters. The zero-order valence-electron chi connectivity index (χ0n) is 12.2. The number of aromatic nitrogens is 2. The number of benzene rings is 1. The molecule has 7 heteroatoms. The van der Waals surface area contributed by atoms with Crippen LogP contribution in [0.5, 0.6) is 0 Å². The smallest absolute Gasteiger partial charge is 0.260 e. The average Bonchev–Trinajstić information content (AvgIpc) is 2.87. The minimum absolute atomic E-state index is 0.0656. The van der Waals surface area contributed by atoms with Crippen LogP contribution in [0.2, 0.25) is 0 Å². The average molecular weight is 311 g/mol. The fourth-order valence-corrected chi connectivity index (χ4v) is 3.81. The zero-order valence-corrected chi connectivity index (χ0v) is 13.0. The van der Waals surface area contributed by atoms with Gasteiger partial charge in [-0.15, -0.1) is 0 Å². The molecule has 1 aromatic carbocycles. The van der Waals surface area contributed by atoms with E-state index in [1.807, 2.05) is 0 Å². The van der Waals surface area contributed by atoms with Crippen LogP contribution in [0.3, 0.4) is 0 Å². The molecule has 0 saturated carbocycles. The molecule has 0 spiro atoms. The van der Waals surface area contributed by atoms with E-state index in [1.54, 1.807) is 32.9 Å². The number of nitrogens with one attached hydrogen (secondary N) is 1. The number of sulfonamides is 1. The summed E-state index contributed by atoms with van der Waals surface area (Å²) in [6, 6.07) is 5.44. The number of nitrogens with zero attached hydrogens (tertiary/aromatic N) is 2. The largest absolute Gasteiger partial charge is 0.332 e. The highest BCUT2D eigenvalue weighted by atomic mass is 32.2. The van der Waals surface area contributed by atoms with Gasteiger partial charge in [0.1, 0.15) is 11.6 Å². The van der Waals surface area contributed by atoms with Crippen molar-refractivity contribution in [1.29, 1.82) is 0 Å². The lowest BCUT2D eigenvalue weighted by Gasteiger charge is -2.26. The monoisotopic (exact) mass is 311 g/mol. The molecule has 0 saturated heterocycles. The number of H-pyrrole nitrogens is 1. The number of hydrogen-bond donors (Lipinski definition) is 1. The van der Waals surface area contributed by atoms with Crippen LogP contribution in [-0.4, -0.2) is 29.2 Å². The van der Waals surface area contributed by atoms with E-state index in [-0.39, 0.29) is 10.8 Å². The van der Waals surface area contributed by atoms with Crippen molar-refractivity contribution in [1.82, 2.24) is 14.3 Å². The highest BCUT2D eigenvalue weighted by Crippen LogP contribution is 2.26. The molecule has 1 N–H and O–H groups in total. The Morgan fingerprint density at radius 3 is 2.43 bits per heavy atom.